The van der Waals surface area contributed by atoms with Crippen molar-refractivity contribution in [3.63, 3.8) is 0 Å². The van der Waals surface area contributed by atoms with Gasteiger partial charge in [0.15, 0.2) is 5.13 Å². The van der Waals surface area contributed by atoms with Crippen LogP contribution in [0, 0.1) is 5.92 Å². The number of urea groups is 1. The molecule has 170 valence electrons. The van der Waals surface area contributed by atoms with Gasteiger partial charge in [-0.3, -0.25) is 15.0 Å². The molecule has 2 aliphatic heterocycles. The Kier molecular flexibility index (Phi) is 6.33. The lowest BCUT2D eigenvalue weighted by molar-refractivity contribution is -0.122. The fraction of sp³-hybridized carbons (Fsp3) is 0.500. The minimum atomic E-state index is -0.161. The zero-order valence-electron chi connectivity index (χ0n) is 17.7. The van der Waals surface area contributed by atoms with Gasteiger partial charge in [-0.15, -0.1) is 11.8 Å². The third-order valence-corrected chi connectivity index (χ3v) is 8.71. The van der Waals surface area contributed by atoms with Crippen LogP contribution in [0.25, 0.3) is 0 Å². The van der Waals surface area contributed by atoms with Crippen LogP contribution in [0.15, 0.2) is 28.6 Å². The van der Waals surface area contributed by atoms with Crippen molar-refractivity contribution in [2.45, 2.75) is 35.3 Å². The number of fused-ring (bicyclic) bond motifs is 2. The number of nitrogens with one attached hydrogen (secondary N) is 3. The lowest BCUT2D eigenvalue weighted by Gasteiger charge is -2.23. The second kappa shape index (κ2) is 9.21. The summed E-state index contributed by atoms with van der Waals surface area (Å²) in [4.78, 5) is 31.0. The smallest absolute Gasteiger partial charge is 0.328 e. The van der Waals surface area contributed by atoms with Gasteiger partial charge in [0.05, 0.1) is 10.4 Å². The zero-order valence-corrected chi connectivity index (χ0v) is 20.0. The lowest BCUT2D eigenvalue weighted by Crippen LogP contribution is -2.40. The predicted molar refractivity (Wildman–Crippen MR) is 130 cm³/mol. The number of halogens is 1. The Labute approximate surface area is 200 Å². The molecule has 1 aliphatic carbocycles. The van der Waals surface area contributed by atoms with Gasteiger partial charge in [0, 0.05) is 47.4 Å². The van der Waals surface area contributed by atoms with Crippen LogP contribution in [0.2, 0.25) is 5.02 Å². The molecule has 2 aromatic rings. The molecule has 0 bridgehead atoms. The molecule has 10 heteroatoms. The monoisotopic (exact) mass is 491 g/mol. The fourth-order valence-electron chi connectivity index (χ4n) is 4.42. The molecule has 1 aromatic carbocycles. The van der Waals surface area contributed by atoms with E-state index in [1.165, 1.54) is 11.3 Å². The first kappa shape index (κ1) is 22.0. The number of hydrogen-bond donors (Lipinski definition) is 3. The van der Waals surface area contributed by atoms with Crippen molar-refractivity contribution in [2.24, 2.45) is 5.92 Å². The summed E-state index contributed by atoms with van der Waals surface area (Å²) in [5.41, 5.74) is 2.00. The Hall–Kier alpha value is -1.81. The maximum absolute atomic E-state index is 13.1. The van der Waals surface area contributed by atoms with Gasteiger partial charge in [0.1, 0.15) is 0 Å². The van der Waals surface area contributed by atoms with Gasteiger partial charge in [0.25, 0.3) is 0 Å². The molecule has 3 amide bonds. The molecule has 1 unspecified atom stereocenters. The highest BCUT2D eigenvalue weighted by atomic mass is 35.5. The van der Waals surface area contributed by atoms with E-state index < -0.39 is 0 Å². The molecule has 2 fully saturated rings. The molecule has 7 nitrogen and oxygen atoms in total. The topological polar surface area (TPSA) is 86.4 Å². The molecule has 3 heterocycles. The molecule has 1 atom stereocenters. The van der Waals surface area contributed by atoms with Crippen LogP contribution in [0.3, 0.4) is 0 Å². The Morgan fingerprint density at radius 2 is 2.25 bits per heavy atom. The minimum absolute atomic E-state index is 0.0730. The number of aromatic nitrogens is 1. The van der Waals surface area contributed by atoms with Gasteiger partial charge < -0.3 is 10.6 Å². The Bertz CT molecular complexity index is 1020. The molecular weight excluding hydrogens is 466 g/mol. The lowest BCUT2D eigenvalue weighted by atomic mass is 9.82. The Morgan fingerprint density at radius 1 is 1.38 bits per heavy atom. The van der Waals surface area contributed by atoms with Gasteiger partial charge in [-0.05, 0) is 56.0 Å². The van der Waals surface area contributed by atoms with E-state index in [4.69, 9.17) is 11.6 Å². The summed E-state index contributed by atoms with van der Waals surface area (Å²) in [6.45, 7) is 3.14. The van der Waals surface area contributed by atoms with Crippen LogP contribution in [0.5, 0.6) is 0 Å². The quantitative estimate of drug-likeness (QED) is 0.401. The van der Waals surface area contributed by atoms with Crippen LogP contribution in [0.1, 0.15) is 31.2 Å². The first-order chi connectivity index (χ1) is 15.5. The fourth-order valence-corrected chi connectivity index (χ4v) is 6.47. The van der Waals surface area contributed by atoms with Crippen molar-refractivity contribution in [3.05, 3.63) is 35.0 Å². The average molecular weight is 492 g/mol. The first-order valence-corrected chi connectivity index (χ1v) is 13.2. The van der Waals surface area contributed by atoms with Crippen LogP contribution < -0.4 is 20.9 Å². The van der Waals surface area contributed by atoms with Gasteiger partial charge in [-0.1, -0.05) is 22.9 Å². The van der Waals surface area contributed by atoms with Gasteiger partial charge in [-0.2, -0.15) is 0 Å². The summed E-state index contributed by atoms with van der Waals surface area (Å²) >= 11 is 9.45. The number of carbonyl (C=O) groups is 2. The van der Waals surface area contributed by atoms with Gasteiger partial charge >= 0.3 is 6.03 Å². The maximum atomic E-state index is 13.1. The summed E-state index contributed by atoms with van der Waals surface area (Å²) in [5.74, 6) is 1.35. The number of hydrogen-bond acceptors (Lipinski definition) is 6. The average Bonchev–Trinajstić information content (AvgIpc) is 3.23. The van der Waals surface area contributed by atoms with Crippen LogP contribution in [0.4, 0.5) is 15.6 Å². The van der Waals surface area contributed by atoms with Crippen molar-refractivity contribution in [3.8, 4) is 0 Å². The van der Waals surface area contributed by atoms with E-state index in [-0.39, 0.29) is 23.3 Å². The first-order valence-electron chi connectivity index (χ1n) is 11.0. The maximum Gasteiger partial charge on any atom is 0.328 e. The molecule has 3 N–H and O–H groups in total. The third kappa shape index (κ3) is 4.62. The van der Waals surface area contributed by atoms with Crippen molar-refractivity contribution in [1.82, 2.24) is 15.6 Å². The van der Waals surface area contributed by atoms with Crippen molar-refractivity contribution < 1.29 is 9.59 Å². The molecule has 5 rings (SSSR count). The number of carbonyl (C=O) groups excluding carboxylic acids is 2. The standard InChI is InChI=1S/C22H26ClN5O2S2/c23-15-4-5-17-16(10-15)22(6-8-24-12-22)13-28(17)21(30)27-20-26-11-18(32-20)31-9-1-7-25-19(29)14-2-3-14/h4-5,10-11,14,24H,1-3,6-9,12-13H2,(H,25,29)(H,26,27,30). The predicted octanol–water partition coefficient (Wildman–Crippen LogP) is 4.09. The molecule has 1 aromatic heterocycles. The SMILES string of the molecule is O=C(NCCCSc1cnc(NC(=O)N2CC3(CCNC3)c3cc(Cl)ccc32)s1)C1CC1. The third-order valence-electron chi connectivity index (χ3n) is 6.28. The number of rotatable bonds is 7. The number of amides is 3. The molecule has 32 heavy (non-hydrogen) atoms. The highest BCUT2D eigenvalue weighted by Crippen LogP contribution is 2.45. The van der Waals surface area contributed by atoms with Gasteiger partial charge in [0.2, 0.25) is 5.91 Å². The van der Waals surface area contributed by atoms with Crippen LogP contribution >= 0.6 is 34.7 Å². The second-order valence-electron chi connectivity index (χ2n) is 8.64. The largest absolute Gasteiger partial charge is 0.356 e. The summed E-state index contributed by atoms with van der Waals surface area (Å²) in [7, 11) is 0. The normalized spacial score (nSPS) is 21.7. The number of thioether (sulfide) groups is 1. The molecule has 3 aliphatic rings. The van der Waals surface area contributed by atoms with E-state index in [2.05, 4.69) is 20.9 Å². The molecule has 1 saturated heterocycles. The number of benzene rings is 1. The minimum Gasteiger partial charge on any atom is -0.356 e. The van der Waals surface area contributed by atoms with E-state index in [0.717, 1.165) is 60.0 Å². The number of nitrogens with zero attached hydrogens (tertiary/aromatic N) is 2. The molecular formula is C22H26ClN5O2S2. The van der Waals surface area contributed by atoms with E-state index in [1.54, 1.807) is 18.0 Å². The zero-order chi connectivity index (χ0) is 22.1. The highest BCUT2D eigenvalue weighted by Gasteiger charge is 2.46. The summed E-state index contributed by atoms with van der Waals surface area (Å²) < 4.78 is 1.05. The summed E-state index contributed by atoms with van der Waals surface area (Å²) in [6.07, 6.45) is 5.76. The van der Waals surface area contributed by atoms with Crippen LogP contribution in [-0.4, -0.2) is 48.9 Å². The molecule has 0 radical (unpaired) electrons. The van der Waals surface area contributed by atoms with Crippen molar-refractivity contribution in [1.29, 1.82) is 0 Å². The van der Waals surface area contributed by atoms with Gasteiger partial charge in [-0.25, -0.2) is 9.78 Å². The molecule has 1 spiro atoms. The Balaban J connectivity index is 1.15. The summed E-state index contributed by atoms with van der Waals surface area (Å²) in [5, 5.41) is 10.7. The van der Waals surface area contributed by atoms with Crippen molar-refractivity contribution >= 4 is 57.5 Å². The number of anilines is 2. The van der Waals surface area contributed by atoms with Crippen LogP contribution in [-0.2, 0) is 10.2 Å². The van der Waals surface area contributed by atoms with E-state index >= 15 is 0 Å². The van der Waals surface area contributed by atoms with E-state index in [0.29, 0.717) is 23.2 Å². The Morgan fingerprint density at radius 3 is 3.03 bits per heavy atom. The highest BCUT2D eigenvalue weighted by molar-refractivity contribution is 8.01. The van der Waals surface area contributed by atoms with E-state index in [9.17, 15) is 9.59 Å². The number of thiazole rings is 1. The molecule has 1 saturated carbocycles. The second-order valence-corrected chi connectivity index (χ2v) is 11.5. The van der Waals surface area contributed by atoms with Crippen molar-refractivity contribution in [2.75, 3.05) is 42.1 Å². The summed E-state index contributed by atoms with van der Waals surface area (Å²) in [6, 6.07) is 5.62. The van der Waals surface area contributed by atoms with E-state index in [1.807, 2.05) is 23.1 Å².